The number of benzene rings is 2. The number of nitrogens with two attached hydrogens (primary N) is 1. The molecule has 0 unspecified atom stereocenters. The number of rotatable bonds is 5. The molecule has 4 N–H and O–H groups in total. The summed E-state index contributed by atoms with van der Waals surface area (Å²) in [6.07, 6.45) is -0.112. The molecule has 1 aromatic heterocycles. The maximum atomic E-state index is 12.6. The zero-order chi connectivity index (χ0) is 20.1. The molecule has 0 aliphatic carbocycles. The minimum Gasteiger partial charge on any atom is -0.450 e. The lowest BCUT2D eigenvalue weighted by Crippen LogP contribution is -2.19. The fraction of sp³-hybridized carbons (Fsp3) is 0.0526. The van der Waals surface area contributed by atoms with Gasteiger partial charge in [-0.3, -0.25) is 9.89 Å². The SMILES string of the molecule is Cl.Cl.NC=C(Oc1ccc(C(F)(F)F)cc1)C(=O)Nc1ccc(-c2cn[nH]c2)cc1. The number of aromatic amines is 1. The second-order valence-corrected chi connectivity index (χ2v) is 5.67. The van der Waals surface area contributed by atoms with Gasteiger partial charge in [-0.15, -0.1) is 24.8 Å². The van der Waals surface area contributed by atoms with Gasteiger partial charge in [0, 0.05) is 23.6 Å². The Morgan fingerprint density at radius 1 is 1.03 bits per heavy atom. The van der Waals surface area contributed by atoms with Crippen LogP contribution in [0.3, 0.4) is 0 Å². The molecule has 1 amide bonds. The first-order valence-corrected chi connectivity index (χ1v) is 8.04. The van der Waals surface area contributed by atoms with Crippen molar-refractivity contribution in [2.24, 2.45) is 5.73 Å². The van der Waals surface area contributed by atoms with Gasteiger partial charge in [0.2, 0.25) is 5.76 Å². The van der Waals surface area contributed by atoms with Crippen LogP contribution in [-0.4, -0.2) is 16.1 Å². The van der Waals surface area contributed by atoms with Crippen molar-refractivity contribution in [1.82, 2.24) is 10.2 Å². The van der Waals surface area contributed by atoms with Crippen molar-refractivity contribution >= 4 is 36.4 Å². The van der Waals surface area contributed by atoms with Gasteiger partial charge < -0.3 is 15.8 Å². The first-order valence-electron chi connectivity index (χ1n) is 8.04. The summed E-state index contributed by atoms with van der Waals surface area (Å²) in [5, 5.41) is 9.19. The summed E-state index contributed by atoms with van der Waals surface area (Å²) < 4.78 is 43.1. The highest BCUT2D eigenvalue weighted by Gasteiger charge is 2.30. The predicted octanol–water partition coefficient (Wildman–Crippen LogP) is 4.76. The average Bonchev–Trinajstić information content (AvgIpc) is 3.21. The zero-order valence-corrected chi connectivity index (χ0v) is 16.8. The highest BCUT2D eigenvalue weighted by Crippen LogP contribution is 2.30. The molecule has 30 heavy (non-hydrogen) atoms. The first-order chi connectivity index (χ1) is 13.4. The van der Waals surface area contributed by atoms with Crippen LogP contribution in [0.4, 0.5) is 18.9 Å². The van der Waals surface area contributed by atoms with E-state index >= 15 is 0 Å². The summed E-state index contributed by atoms with van der Waals surface area (Å²) in [6, 6.07) is 10.9. The number of carbonyl (C=O) groups is 1. The van der Waals surface area contributed by atoms with Gasteiger partial charge in [0.05, 0.1) is 11.8 Å². The Kier molecular flexibility index (Phi) is 8.75. The lowest BCUT2D eigenvalue weighted by molar-refractivity contribution is -0.137. The number of H-pyrrole nitrogens is 1. The van der Waals surface area contributed by atoms with Crippen LogP contribution in [0.1, 0.15) is 5.56 Å². The quantitative estimate of drug-likeness (QED) is 0.378. The number of anilines is 1. The fourth-order valence-electron chi connectivity index (χ4n) is 2.34. The Bertz CT molecular complexity index is 975. The van der Waals surface area contributed by atoms with E-state index in [1.165, 1.54) is 0 Å². The van der Waals surface area contributed by atoms with Gasteiger partial charge in [-0.2, -0.15) is 18.3 Å². The number of hydrogen-bond acceptors (Lipinski definition) is 4. The molecule has 0 atom stereocenters. The molecule has 11 heteroatoms. The first kappa shape index (κ1) is 24.9. The molecule has 3 aromatic rings. The van der Waals surface area contributed by atoms with Crippen LogP contribution in [0.15, 0.2) is 72.9 Å². The van der Waals surface area contributed by atoms with Gasteiger partial charge in [-0.1, -0.05) is 12.1 Å². The molecule has 6 nitrogen and oxygen atoms in total. The van der Waals surface area contributed by atoms with Gasteiger partial charge in [-0.25, -0.2) is 0 Å². The lowest BCUT2D eigenvalue weighted by Gasteiger charge is -2.12. The van der Waals surface area contributed by atoms with Crippen LogP contribution in [0.2, 0.25) is 0 Å². The molecule has 160 valence electrons. The minimum absolute atomic E-state index is 0. The lowest BCUT2D eigenvalue weighted by atomic mass is 10.1. The van der Waals surface area contributed by atoms with Crippen molar-refractivity contribution in [1.29, 1.82) is 0 Å². The van der Waals surface area contributed by atoms with Crippen LogP contribution < -0.4 is 15.8 Å². The Balaban J connectivity index is 0.00000225. The number of aromatic nitrogens is 2. The van der Waals surface area contributed by atoms with Crippen molar-refractivity contribution in [3.8, 4) is 16.9 Å². The number of nitrogens with zero attached hydrogens (tertiary/aromatic N) is 1. The zero-order valence-electron chi connectivity index (χ0n) is 15.1. The molecule has 0 bridgehead atoms. The Hall–Kier alpha value is -3.17. The second kappa shape index (κ2) is 10.6. The van der Waals surface area contributed by atoms with Crippen molar-refractivity contribution in [3.63, 3.8) is 0 Å². The number of carbonyl (C=O) groups excluding carboxylic acids is 1. The van der Waals surface area contributed by atoms with Crippen molar-refractivity contribution in [2.75, 3.05) is 5.32 Å². The molecule has 0 saturated heterocycles. The maximum Gasteiger partial charge on any atom is 0.416 e. The summed E-state index contributed by atoms with van der Waals surface area (Å²) in [4.78, 5) is 12.3. The van der Waals surface area contributed by atoms with Crippen LogP contribution in [-0.2, 0) is 11.0 Å². The van der Waals surface area contributed by atoms with E-state index in [4.69, 9.17) is 10.5 Å². The van der Waals surface area contributed by atoms with Crippen LogP contribution in [0.5, 0.6) is 5.75 Å². The number of ether oxygens (including phenoxy) is 1. The normalized spacial score (nSPS) is 11.1. The Labute approximate surface area is 182 Å². The van der Waals surface area contributed by atoms with E-state index in [0.717, 1.165) is 41.6 Å². The van der Waals surface area contributed by atoms with Crippen LogP contribution in [0.25, 0.3) is 11.1 Å². The molecule has 2 aromatic carbocycles. The third-order valence-corrected chi connectivity index (χ3v) is 3.76. The molecule has 3 rings (SSSR count). The Morgan fingerprint density at radius 3 is 2.17 bits per heavy atom. The van der Waals surface area contributed by atoms with Gasteiger partial charge in [0.1, 0.15) is 5.75 Å². The molecule has 0 aliphatic rings. The van der Waals surface area contributed by atoms with E-state index in [0.29, 0.717) is 5.69 Å². The van der Waals surface area contributed by atoms with E-state index in [-0.39, 0.29) is 36.3 Å². The fourth-order valence-corrected chi connectivity index (χ4v) is 2.34. The standard InChI is InChI=1S/C19H15F3N4O2.2ClH/c20-19(21,22)14-3-7-16(8-4-14)28-17(9-23)18(27)26-15-5-1-12(2-6-15)13-10-24-25-11-13;;/h1-11H,23H2,(H,24,25)(H,26,27);2*1H. The molecular formula is C19H17Cl2F3N4O2. The van der Waals surface area contributed by atoms with Gasteiger partial charge >= 0.3 is 6.18 Å². The number of amides is 1. The van der Waals surface area contributed by atoms with Gasteiger partial charge in [0.25, 0.3) is 5.91 Å². The van der Waals surface area contributed by atoms with E-state index in [2.05, 4.69) is 15.5 Å². The van der Waals surface area contributed by atoms with Gasteiger partial charge in [0.15, 0.2) is 0 Å². The third kappa shape index (κ3) is 6.16. The highest BCUT2D eigenvalue weighted by molar-refractivity contribution is 6.02. The topological polar surface area (TPSA) is 93.0 Å². The van der Waals surface area contributed by atoms with E-state index in [1.807, 2.05) is 0 Å². The molecular weight excluding hydrogens is 444 g/mol. The van der Waals surface area contributed by atoms with Gasteiger partial charge in [-0.05, 0) is 42.0 Å². The van der Waals surface area contributed by atoms with Crippen LogP contribution in [0, 0.1) is 0 Å². The van der Waals surface area contributed by atoms with E-state index in [1.54, 1.807) is 36.7 Å². The Morgan fingerprint density at radius 2 is 1.67 bits per heavy atom. The molecule has 0 aliphatic heterocycles. The van der Waals surface area contributed by atoms with Crippen LogP contribution >= 0.6 is 24.8 Å². The largest absolute Gasteiger partial charge is 0.450 e. The van der Waals surface area contributed by atoms with Crippen molar-refractivity contribution in [2.45, 2.75) is 6.18 Å². The highest BCUT2D eigenvalue weighted by atomic mass is 35.5. The van der Waals surface area contributed by atoms with Crippen molar-refractivity contribution in [3.05, 3.63) is 78.4 Å². The second-order valence-electron chi connectivity index (χ2n) is 5.67. The maximum absolute atomic E-state index is 12.6. The average molecular weight is 461 g/mol. The molecule has 0 spiro atoms. The molecule has 1 heterocycles. The number of alkyl halides is 3. The molecule has 0 saturated carbocycles. The third-order valence-electron chi connectivity index (χ3n) is 3.76. The summed E-state index contributed by atoms with van der Waals surface area (Å²) >= 11 is 0. The number of halogens is 5. The number of nitrogens with one attached hydrogen (secondary N) is 2. The number of hydrogen-bond donors (Lipinski definition) is 3. The molecule has 0 radical (unpaired) electrons. The minimum atomic E-state index is -4.45. The monoisotopic (exact) mass is 460 g/mol. The summed E-state index contributed by atoms with van der Waals surface area (Å²) in [7, 11) is 0. The van der Waals surface area contributed by atoms with E-state index < -0.39 is 17.6 Å². The summed E-state index contributed by atoms with van der Waals surface area (Å²) in [5.41, 5.74) is 6.90. The summed E-state index contributed by atoms with van der Waals surface area (Å²) in [6.45, 7) is 0. The smallest absolute Gasteiger partial charge is 0.416 e. The summed E-state index contributed by atoms with van der Waals surface area (Å²) in [5.74, 6) is -0.840. The van der Waals surface area contributed by atoms with Crippen molar-refractivity contribution < 1.29 is 22.7 Å². The molecule has 0 fully saturated rings. The van der Waals surface area contributed by atoms with E-state index in [9.17, 15) is 18.0 Å². The predicted molar refractivity (Wildman–Crippen MR) is 111 cm³/mol.